The van der Waals surface area contributed by atoms with Crippen LogP contribution in [0.4, 0.5) is 0 Å². The number of hydrogen-bond donors (Lipinski definition) is 0. The molecule has 3 rings (SSSR count). The zero-order valence-electron chi connectivity index (χ0n) is 13.0. The molecule has 0 saturated carbocycles. The van der Waals surface area contributed by atoms with Crippen LogP contribution in [0.15, 0.2) is 42.5 Å². The number of aromatic nitrogens is 1. The predicted octanol–water partition coefficient (Wildman–Crippen LogP) is 3.37. The molecule has 0 atom stereocenters. The van der Waals surface area contributed by atoms with E-state index in [-0.39, 0.29) is 5.91 Å². The van der Waals surface area contributed by atoms with Crippen LogP contribution in [0.5, 0.6) is 5.75 Å². The highest BCUT2D eigenvalue weighted by Gasteiger charge is 2.12. The van der Waals surface area contributed by atoms with E-state index in [1.54, 1.807) is 26.0 Å². The molecule has 0 saturated heterocycles. The Morgan fingerprint density at radius 3 is 2.64 bits per heavy atom. The second-order valence-corrected chi connectivity index (χ2v) is 5.36. The maximum absolute atomic E-state index is 11.5. The molecule has 0 spiro atoms. The van der Waals surface area contributed by atoms with Gasteiger partial charge in [0.15, 0.2) is 0 Å². The number of amides is 1. The number of pyridine rings is 1. The zero-order valence-corrected chi connectivity index (χ0v) is 13.0. The summed E-state index contributed by atoms with van der Waals surface area (Å²) >= 11 is 0. The summed E-state index contributed by atoms with van der Waals surface area (Å²) < 4.78 is 5.33. The molecule has 0 aliphatic carbocycles. The maximum atomic E-state index is 11.5. The molecular weight excluding hydrogens is 276 g/mol. The first-order chi connectivity index (χ1) is 10.6. The molecule has 1 aromatic heterocycles. The number of ether oxygens (including phenoxy) is 1. The quantitative estimate of drug-likeness (QED) is 0.695. The topological polar surface area (TPSA) is 42.4 Å². The molecule has 0 aliphatic rings. The molecule has 22 heavy (non-hydrogen) atoms. The number of carbonyl (C=O) groups excluding carboxylic acids is 1. The van der Waals surface area contributed by atoms with E-state index in [4.69, 9.17) is 9.72 Å². The van der Waals surface area contributed by atoms with Crippen LogP contribution < -0.4 is 4.74 Å². The van der Waals surface area contributed by atoms with Crippen molar-refractivity contribution in [3.05, 3.63) is 48.2 Å². The van der Waals surface area contributed by atoms with Gasteiger partial charge in [-0.2, -0.15) is 0 Å². The predicted molar refractivity (Wildman–Crippen MR) is 87.9 cm³/mol. The minimum atomic E-state index is 0.0194. The SMILES string of the molecule is COc1ccc2c(c1)c(CN(C)C(C)=O)nc1ccccc12. The van der Waals surface area contributed by atoms with E-state index in [0.29, 0.717) is 6.54 Å². The van der Waals surface area contributed by atoms with Crippen molar-refractivity contribution in [3.63, 3.8) is 0 Å². The summed E-state index contributed by atoms with van der Waals surface area (Å²) in [5.41, 5.74) is 1.82. The van der Waals surface area contributed by atoms with Gasteiger partial charge in [0.2, 0.25) is 5.91 Å². The van der Waals surface area contributed by atoms with Gasteiger partial charge < -0.3 is 9.64 Å². The molecule has 2 aromatic carbocycles. The van der Waals surface area contributed by atoms with Crippen molar-refractivity contribution in [2.45, 2.75) is 13.5 Å². The summed E-state index contributed by atoms with van der Waals surface area (Å²) in [4.78, 5) is 18.0. The van der Waals surface area contributed by atoms with Crippen LogP contribution in [0.1, 0.15) is 12.6 Å². The van der Waals surface area contributed by atoms with Gasteiger partial charge in [-0.05, 0) is 29.7 Å². The Kier molecular flexibility index (Phi) is 3.67. The van der Waals surface area contributed by atoms with Crippen molar-refractivity contribution in [1.82, 2.24) is 9.88 Å². The van der Waals surface area contributed by atoms with E-state index >= 15 is 0 Å². The standard InChI is InChI=1S/C18H18N2O2/c1-12(21)20(2)11-18-16-10-13(22-3)8-9-14(16)15-6-4-5-7-17(15)19-18/h4-10H,11H2,1-3H3. The smallest absolute Gasteiger partial charge is 0.219 e. The minimum absolute atomic E-state index is 0.0194. The highest BCUT2D eigenvalue weighted by molar-refractivity contribution is 6.07. The molecule has 0 unspecified atom stereocenters. The number of hydrogen-bond acceptors (Lipinski definition) is 3. The van der Waals surface area contributed by atoms with Crippen molar-refractivity contribution >= 4 is 27.6 Å². The summed E-state index contributed by atoms with van der Waals surface area (Å²) in [5, 5.41) is 3.25. The molecule has 0 bridgehead atoms. The van der Waals surface area contributed by atoms with Gasteiger partial charge in [-0.25, -0.2) is 0 Å². The van der Waals surface area contributed by atoms with Gasteiger partial charge in [0.05, 0.1) is 24.9 Å². The average molecular weight is 294 g/mol. The van der Waals surface area contributed by atoms with Crippen LogP contribution in [0.25, 0.3) is 21.7 Å². The molecule has 112 valence electrons. The molecular formula is C18H18N2O2. The summed E-state index contributed by atoms with van der Waals surface area (Å²) in [6.45, 7) is 2.04. The van der Waals surface area contributed by atoms with Gasteiger partial charge in [-0.15, -0.1) is 0 Å². The zero-order chi connectivity index (χ0) is 15.7. The van der Waals surface area contributed by atoms with E-state index in [1.807, 2.05) is 30.3 Å². The Balaban J connectivity index is 2.28. The van der Waals surface area contributed by atoms with Crippen LogP contribution in [0.3, 0.4) is 0 Å². The first-order valence-corrected chi connectivity index (χ1v) is 7.17. The molecule has 3 aromatic rings. The Morgan fingerprint density at radius 1 is 1.14 bits per heavy atom. The van der Waals surface area contributed by atoms with Crippen LogP contribution in [0, 0.1) is 0 Å². The van der Waals surface area contributed by atoms with Crippen LogP contribution in [-0.4, -0.2) is 29.9 Å². The lowest BCUT2D eigenvalue weighted by atomic mass is 10.0. The first-order valence-electron chi connectivity index (χ1n) is 7.17. The van der Waals surface area contributed by atoms with Gasteiger partial charge in [-0.3, -0.25) is 9.78 Å². The fourth-order valence-electron chi connectivity index (χ4n) is 2.58. The van der Waals surface area contributed by atoms with Crippen LogP contribution in [0.2, 0.25) is 0 Å². The van der Waals surface area contributed by atoms with Crippen molar-refractivity contribution in [2.75, 3.05) is 14.2 Å². The maximum Gasteiger partial charge on any atom is 0.219 e. The molecule has 4 nitrogen and oxygen atoms in total. The van der Waals surface area contributed by atoms with Crippen molar-refractivity contribution in [3.8, 4) is 5.75 Å². The van der Waals surface area contributed by atoms with Crippen LogP contribution in [-0.2, 0) is 11.3 Å². The van der Waals surface area contributed by atoms with Gasteiger partial charge in [0.1, 0.15) is 5.75 Å². The molecule has 4 heteroatoms. The molecule has 0 fully saturated rings. The monoisotopic (exact) mass is 294 g/mol. The van der Waals surface area contributed by atoms with Gasteiger partial charge in [0, 0.05) is 24.7 Å². The van der Waals surface area contributed by atoms with Crippen molar-refractivity contribution in [2.24, 2.45) is 0 Å². The molecule has 0 N–H and O–H groups in total. The number of carbonyl (C=O) groups is 1. The second kappa shape index (κ2) is 5.64. The number of benzene rings is 2. The average Bonchev–Trinajstić information content (AvgIpc) is 2.54. The van der Waals surface area contributed by atoms with E-state index in [0.717, 1.165) is 33.1 Å². The third-order valence-corrected chi connectivity index (χ3v) is 3.91. The van der Waals surface area contributed by atoms with Gasteiger partial charge >= 0.3 is 0 Å². The normalized spacial score (nSPS) is 10.9. The lowest BCUT2D eigenvalue weighted by Gasteiger charge is -2.17. The Hall–Kier alpha value is -2.62. The molecule has 0 radical (unpaired) electrons. The fourth-order valence-corrected chi connectivity index (χ4v) is 2.58. The second-order valence-electron chi connectivity index (χ2n) is 5.36. The van der Waals surface area contributed by atoms with E-state index in [1.165, 1.54) is 0 Å². The van der Waals surface area contributed by atoms with E-state index in [9.17, 15) is 4.79 Å². The van der Waals surface area contributed by atoms with Crippen molar-refractivity contribution < 1.29 is 9.53 Å². The molecule has 1 amide bonds. The fraction of sp³-hybridized carbons (Fsp3) is 0.222. The summed E-state index contributed by atoms with van der Waals surface area (Å²) in [6, 6.07) is 14.0. The lowest BCUT2D eigenvalue weighted by Crippen LogP contribution is -2.23. The van der Waals surface area contributed by atoms with E-state index in [2.05, 4.69) is 12.1 Å². The third kappa shape index (κ3) is 2.48. The third-order valence-electron chi connectivity index (χ3n) is 3.91. The number of para-hydroxylation sites is 1. The van der Waals surface area contributed by atoms with Crippen LogP contribution >= 0.6 is 0 Å². The van der Waals surface area contributed by atoms with Crippen molar-refractivity contribution in [1.29, 1.82) is 0 Å². The number of rotatable bonds is 3. The largest absolute Gasteiger partial charge is 0.497 e. The highest BCUT2D eigenvalue weighted by Crippen LogP contribution is 2.30. The van der Waals surface area contributed by atoms with E-state index < -0.39 is 0 Å². The summed E-state index contributed by atoms with van der Waals surface area (Å²) in [5.74, 6) is 0.808. The highest BCUT2D eigenvalue weighted by atomic mass is 16.5. The Morgan fingerprint density at radius 2 is 1.91 bits per heavy atom. The van der Waals surface area contributed by atoms with Gasteiger partial charge in [0.25, 0.3) is 0 Å². The molecule has 1 heterocycles. The number of fused-ring (bicyclic) bond motifs is 3. The van der Waals surface area contributed by atoms with Gasteiger partial charge in [-0.1, -0.05) is 18.2 Å². The lowest BCUT2D eigenvalue weighted by molar-refractivity contribution is -0.128. The summed E-state index contributed by atoms with van der Waals surface area (Å²) in [6.07, 6.45) is 0. The minimum Gasteiger partial charge on any atom is -0.497 e. The first kappa shape index (κ1) is 14.3. The number of nitrogens with zero attached hydrogens (tertiary/aromatic N) is 2. The Labute approximate surface area is 129 Å². The molecule has 0 aliphatic heterocycles. The Bertz CT molecular complexity index is 858. The number of methoxy groups -OCH3 is 1. The summed E-state index contributed by atoms with van der Waals surface area (Å²) in [7, 11) is 3.43.